The topological polar surface area (TPSA) is 26.0 Å². The van der Waals surface area contributed by atoms with Gasteiger partial charge in [0.2, 0.25) is 0 Å². The Hall–Kier alpha value is -0.820. The molecule has 14 heavy (non-hydrogen) atoms. The van der Waals surface area contributed by atoms with E-state index in [1.165, 1.54) is 24.8 Å². The molecular weight excluding hydrogens is 170 g/mol. The van der Waals surface area contributed by atoms with Gasteiger partial charge in [0.05, 0.1) is 0 Å². The van der Waals surface area contributed by atoms with Crippen molar-refractivity contribution < 1.29 is 0 Å². The second-order valence-corrected chi connectivity index (χ2v) is 4.87. The molecule has 3 aliphatic carbocycles. The highest BCUT2D eigenvalue weighted by Gasteiger charge is 2.58. The normalized spacial score (nSPS) is 39.5. The summed E-state index contributed by atoms with van der Waals surface area (Å²) in [7, 11) is 0. The van der Waals surface area contributed by atoms with Crippen LogP contribution in [0, 0.1) is 11.8 Å². The fourth-order valence-corrected chi connectivity index (χ4v) is 3.75. The second kappa shape index (κ2) is 2.83. The predicted molar refractivity (Wildman–Crippen MR) is 58.0 cm³/mol. The molecule has 1 heteroatoms. The number of hydrogen-bond acceptors (Lipinski definition) is 1. The van der Waals surface area contributed by atoms with E-state index in [1.807, 2.05) is 0 Å². The van der Waals surface area contributed by atoms with Crippen LogP contribution < -0.4 is 5.73 Å². The number of benzene rings is 1. The van der Waals surface area contributed by atoms with Crippen molar-refractivity contribution in [3.8, 4) is 0 Å². The van der Waals surface area contributed by atoms with E-state index in [9.17, 15) is 0 Å². The van der Waals surface area contributed by atoms with Crippen molar-refractivity contribution in [2.24, 2.45) is 17.6 Å². The number of nitrogens with two attached hydrogens (primary N) is 1. The van der Waals surface area contributed by atoms with Gasteiger partial charge in [-0.2, -0.15) is 0 Å². The Kier molecular flexibility index (Phi) is 1.72. The van der Waals surface area contributed by atoms with Crippen LogP contribution in [-0.2, 0) is 5.41 Å². The summed E-state index contributed by atoms with van der Waals surface area (Å²) >= 11 is 0. The second-order valence-electron chi connectivity index (χ2n) is 4.87. The molecule has 1 nitrogen and oxygen atoms in total. The first-order valence-electron chi connectivity index (χ1n) is 5.62. The Morgan fingerprint density at radius 1 is 1.29 bits per heavy atom. The lowest BCUT2D eigenvalue weighted by Crippen LogP contribution is -2.47. The largest absolute Gasteiger partial charge is 0.330 e. The molecule has 3 fully saturated rings. The van der Waals surface area contributed by atoms with Crippen LogP contribution in [0.3, 0.4) is 0 Å². The molecule has 3 unspecified atom stereocenters. The molecule has 3 aliphatic rings. The van der Waals surface area contributed by atoms with Crippen molar-refractivity contribution in [1.29, 1.82) is 0 Å². The van der Waals surface area contributed by atoms with Crippen molar-refractivity contribution in [2.45, 2.75) is 24.7 Å². The van der Waals surface area contributed by atoms with Crippen molar-refractivity contribution in [2.75, 3.05) is 6.54 Å². The smallest absolute Gasteiger partial charge is 0.000125 e. The van der Waals surface area contributed by atoms with Crippen molar-refractivity contribution in [3.63, 3.8) is 0 Å². The van der Waals surface area contributed by atoms with Gasteiger partial charge in [-0.3, -0.25) is 0 Å². The molecule has 3 saturated carbocycles. The van der Waals surface area contributed by atoms with Gasteiger partial charge in [0.25, 0.3) is 0 Å². The van der Waals surface area contributed by atoms with Crippen molar-refractivity contribution in [3.05, 3.63) is 35.9 Å². The van der Waals surface area contributed by atoms with Gasteiger partial charge in [-0.25, -0.2) is 0 Å². The zero-order chi connectivity index (χ0) is 9.60. The fraction of sp³-hybridized carbons (Fsp3) is 0.538. The Morgan fingerprint density at radius 2 is 2.07 bits per heavy atom. The third-order valence-electron chi connectivity index (χ3n) is 4.47. The quantitative estimate of drug-likeness (QED) is 0.755. The van der Waals surface area contributed by atoms with Gasteiger partial charge < -0.3 is 5.73 Å². The lowest BCUT2D eigenvalue weighted by Gasteiger charge is -2.47. The zero-order valence-corrected chi connectivity index (χ0v) is 8.45. The van der Waals surface area contributed by atoms with Gasteiger partial charge in [-0.1, -0.05) is 30.3 Å². The first-order valence-corrected chi connectivity index (χ1v) is 5.62. The fourth-order valence-electron chi connectivity index (χ4n) is 3.75. The highest BCUT2D eigenvalue weighted by atomic mass is 14.7. The van der Waals surface area contributed by atoms with E-state index >= 15 is 0 Å². The Labute approximate surface area is 85.3 Å². The van der Waals surface area contributed by atoms with Gasteiger partial charge in [0.1, 0.15) is 0 Å². The van der Waals surface area contributed by atoms with E-state index < -0.39 is 0 Å². The number of hydrogen-bond donors (Lipinski definition) is 1. The summed E-state index contributed by atoms with van der Waals surface area (Å²) in [4.78, 5) is 0. The Morgan fingerprint density at radius 3 is 2.71 bits per heavy atom. The maximum Gasteiger partial charge on any atom is -0.000125 e. The molecule has 0 spiro atoms. The summed E-state index contributed by atoms with van der Waals surface area (Å²) in [6.07, 6.45) is 4.15. The van der Waals surface area contributed by atoms with E-state index in [0.29, 0.717) is 5.41 Å². The van der Waals surface area contributed by atoms with Crippen LogP contribution in [0.25, 0.3) is 0 Å². The first kappa shape index (κ1) is 8.49. The summed E-state index contributed by atoms with van der Waals surface area (Å²) in [6.45, 7) is 0.875. The van der Waals surface area contributed by atoms with Gasteiger partial charge >= 0.3 is 0 Å². The minimum atomic E-state index is 0.473. The molecule has 0 radical (unpaired) electrons. The molecular formula is C13H17N. The highest BCUT2D eigenvalue weighted by molar-refractivity contribution is 5.33. The lowest BCUT2D eigenvalue weighted by molar-refractivity contribution is 0.118. The van der Waals surface area contributed by atoms with Crippen LogP contribution in [-0.4, -0.2) is 6.54 Å². The monoisotopic (exact) mass is 187 g/mol. The van der Waals surface area contributed by atoms with E-state index in [1.54, 1.807) is 0 Å². The minimum Gasteiger partial charge on any atom is -0.330 e. The summed E-state index contributed by atoms with van der Waals surface area (Å²) < 4.78 is 0. The summed E-state index contributed by atoms with van der Waals surface area (Å²) in [6, 6.07) is 11.0. The van der Waals surface area contributed by atoms with Crippen molar-refractivity contribution >= 4 is 0 Å². The molecule has 2 bridgehead atoms. The molecule has 0 heterocycles. The molecule has 3 atom stereocenters. The molecule has 2 N–H and O–H groups in total. The Balaban J connectivity index is 1.98. The van der Waals surface area contributed by atoms with E-state index in [-0.39, 0.29) is 0 Å². The van der Waals surface area contributed by atoms with Gasteiger partial charge in [-0.05, 0) is 48.6 Å². The van der Waals surface area contributed by atoms with E-state index in [0.717, 1.165) is 18.4 Å². The summed E-state index contributed by atoms with van der Waals surface area (Å²) in [5, 5.41) is 0. The third kappa shape index (κ3) is 0.885. The predicted octanol–water partition coefficient (Wildman–Crippen LogP) is 2.31. The highest BCUT2D eigenvalue weighted by Crippen LogP contribution is 2.63. The van der Waals surface area contributed by atoms with Gasteiger partial charge in [0.15, 0.2) is 0 Å². The van der Waals surface area contributed by atoms with E-state index in [4.69, 9.17) is 5.73 Å². The average molecular weight is 187 g/mol. The molecule has 1 aromatic rings. The standard InChI is InChI=1S/C13H17N/c14-9-12-10-6-7-13(12,8-10)11-4-2-1-3-5-11/h1-5,10,12H,6-9,14H2. The zero-order valence-electron chi connectivity index (χ0n) is 8.45. The molecule has 0 aliphatic heterocycles. The molecule has 0 amide bonds. The van der Waals surface area contributed by atoms with E-state index in [2.05, 4.69) is 30.3 Å². The van der Waals surface area contributed by atoms with Crippen LogP contribution in [0.15, 0.2) is 30.3 Å². The molecule has 74 valence electrons. The van der Waals surface area contributed by atoms with Gasteiger partial charge in [-0.15, -0.1) is 0 Å². The van der Waals surface area contributed by atoms with Crippen molar-refractivity contribution in [1.82, 2.24) is 0 Å². The number of rotatable bonds is 2. The maximum absolute atomic E-state index is 5.88. The first-order chi connectivity index (χ1) is 6.87. The van der Waals surface area contributed by atoms with Gasteiger partial charge in [0, 0.05) is 0 Å². The molecule has 4 rings (SSSR count). The SMILES string of the molecule is NCC1C2CCC1(c1ccccc1)C2. The van der Waals surface area contributed by atoms with Crippen LogP contribution >= 0.6 is 0 Å². The number of fused-ring (bicyclic) bond motifs is 1. The lowest BCUT2D eigenvalue weighted by atomic mass is 9.57. The minimum absolute atomic E-state index is 0.473. The summed E-state index contributed by atoms with van der Waals surface area (Å²) in [5.41, 5.74) is 7.88. The summed E-state index contributed by atoms with van der Waals surface area (Å²) in [5.74, 6) is 1.70. The Bertz CT molecular complexity index is 328. The van der Waals surface area contributed by atoms with Crippen LogP contribution in [0.2, 0.25) is 0 Å². The van der Waals surface area contributed by atoms with Crippen LogP contribution in [0.4, 0.5) is 0 Å². The molecule has 1 aromatic carbocycles. The molecule has 0 aromatic heterocycles. The average Bonchev–Trinajstić information content (AvgIpc) is 2.78. The maximum atomic E-state index is 5.88. The molecule has 0 saturated heterocycles. The van der Waals surface area contributed by atoms with Crippen LogP contribution in [0.1, 0.15) is 24.8 Å². The third-order valence-corrected chi connectivity index (χ3v) is 4.47. The van der Waals surface area contributed by atoms with Crippen LogP contribution in [0.5, 0.6) is 0 Å².